The van der Waals surface area contributed by atoms with Gasteiger partial charge in [-0.1, -0.05) is 6.07 Å². The number of nitriles is 1. The Labute approximate surface area is 96.9 Å². The third-order valence-electron chi connectivity index (χ3n) is 3.87. The highest BCUT2D eigenvalue weighted by molar-refractivity contribution is 5.48. The Balaban J connectivity index is 2.39. The van der Waals surface area contributed by atoms with E-state index in [9.17, 15) is 0 Å². The lowest BCUT2D eigenvalue weighted by Gasteiger charge is -2.13. The third kappa shape index (κ3) is 1.48. The number of ether oxygens (including phenoxy) is 1. The first-order chi connectivity index (χ1) is 7.53. The first-order valence-corrected chi connectivity index (χ1v) is 5.59. The van der Waals surface area contributed by atoms with Crippen molar-refractivity contribution < 1.29 is 4.74 Å². The maximum atomic E-state index is 9.08. The van der Waals surface area contributed by atoms with Crippen LogP contribution in [-0.4, -0.2) is 7.11 Å². The van der Waals surface area contributed by atoms with E-state index in [0.717, 1.165) is 12.2 Å². The van der Waals surface area contributed by atoms with Crippen molar-refractivity contribution >= 4 is 0 Å². The SMILES string of the molecule is COc1ccc(C2CC2(C)C#N)c(C)c1C. The molecule has 16 heavy (non-hydrogen) atoms. The molecular weight excluding hydrogens is 198 g/mol. The van der Waals surface area contributed by atoms with Gasteiger partial charge in [-0.05, 0) is 49.9 Å². The molecule has 0 radical (unpaired) electrons. The zero-order chi connectivity index (χ0) is 11.9. The predicted molar refractivity (Wildman–Crippen MR) is 63.5 cm³/mol. The molecule has 1 aliphatic rings. The third-order valence-corrected chi connectivity index (χ3v) is 3.87. The second-order valence-corrected chi connectivity index (χ2v) is 4.89. The van der Waals surface area contributed by atoms with Crippen LogP contribution in [-0.2, 0) is 0 Å². The molecule has 1 aromatic carbocycles. The zero-order valence-corrected chi connectivity index (χ0v) is 10.3. The van der Waals surface area contributed by atoms with Gasteiger partial charge in [0, 0.05) is 5.92 Å². The number of hydrogen-bond donors (Lipinski definition) is 0. The minimum atomic E-state index is -0.147. The quantitative estimate of drug-likeness (QED) is 0.758. The van der Waals surface area contributed by atoms with Gasteiger partial charge in [0.2, 0.25) is 0 Å². The monoisotopic (exact) mass is 215 g/mol. The summed E-state index contributed by atoms with van der Waals surface area (Å²) in [6, 6.07) is 6.52. The van der Waals surface area contributed by atoms with Crippen LogP contribution in [0.25, 0.3) is 0 Å². The van der Waals surface area contributed by atoms with Gasteiger partial charge in [0.05, 0.1) is 18.6 Å². The van der Waals surface area contributed by atoms with Crippen molar-refractivity contribution in [1.29, 1.82) is 5.26 Å². The van der Waals surface area contributed by atoms with Crippen LogP contribution in [0, 0.1) is 30.6 Å². The highest BCUT2D eigenvalue weighted by Gasteiger charge is 2.52. The van der Waals surface area contributed by atoms with Crippen LogP contribution in [0.5, 0.6) is 5.75 Å². The van der Waals surface area contributed by atoms with E-state index in [2.05, 4.69) is 26.0 Å². The molecule has 0 saturated heterocycles. The zero-order valence-electron chi connectivity index (χ0n) is 10.3. The van der Waals surface area contributed by atoms with Crippen molar-refractivity contribution in [2.45, 2.75) is 33.1 Å². The molecule has 0 aromatic heterocycles. The molecule has 2 nitrogen and oxygen atoms in total. The van der Waals surface area contributed by atoms with Gasteiger partial charge in [0.15, 0.2) is 0 Å². The summed E-state index contributed by atoms with van der Waals surface area (Å²) in [6.07, 6.45) is 0.982. The summed E-state index contributed by atoms with van der Waals surface area (Å²) in [5.41, 5.74) is 3.61. The minimum absolute atomic E-state index is 0.147. The fraction of sp³-hybridized carbons (Fsp3) is 0.500. The fourth-order valence-corrected chi connectivity index (χ4v) is 2.36. The van der Waals surface area contributed by atoms with Crippen LogP contribution in [0.15, 0.2) is 12.1 Å². The van der Waals surface area contributed by atoms with Gasteiger partial charge in [0.25, 0.3) is 0 Å². The Kier molecular flexibility index (Phi) is 2.42. The lowest BCUT2D eigenvalue weighted by molar-refractivity contribution is 0.411. The second kappa shape index (κ2) is 3.52. The molecule has 2 unspecified atom stereocenters. The molecule has 0 bridgehead atoms. The van der Waals surface area contributed by atoms with Crippen molar-refractivity contribution in [3.05, 3.63) is 28.8 Å². The van der Waals surface area contributed by atoms with E-state index in [1.165, 1.54) is 16.7 Å². The maximum Gasteiger partial charge on any atom is 0.122 e. The summed E-state index contributed by atoms with van der Waals surface area (Å²) >= 11 is 0. The van der Waals surface area contributed by atoms with Crippen LogP contribution >= 0.6 is 0 Å². The van der Waals surface area contributed by atoms with E-state index in [1.54, 1.807) is 7.11 Å². The van der Waals surface area contributed by atoms with Crippen molar-refractivity contribution in [3.8, 4) is 11.8 Å². The van der Waals surface area contributed by atoms with Gasteiger partial charge in [-0.25, -0.2) is 0 Å². The van der Waals surface area contributed by atoms with E-state index in [-0.39, 0.29) is 5.41 Å². The van der Waals surface area contributed by atoms with Gasteiger partial charge >= 0.3 is 0 Å². The van der Waals surface area contributed by atoms with E-state index in [0.29, 0.717) is 5.92 Å². The second-order valence-electron chi connectivity index (χ2n) is 4.89. The molecule has 2 heteroatoms. The lowest BCUT2D eigenvalue weighted by Crippen LogP contribution is -1.98. The molecule has 1 aromatic rings. The van der Waals surface area contributed by atoms with Crippen LogP contribution in [0.2, 0.25) is 0 Å². The molecule has 1 saturated carbocycles. The van der Waals surface area contributed by atoms with E-state index >= 15 is 0 Å². The van der Waals surface area contributed by atoms with Gasteiger partial charge < -0.3 is 4.74 Å². The lowest BCUT2D eigenvalue weighted by atomic mass is 9.95. The smallest absolute Gasteiger partial charge is 0.122 e. The molecular formula is C14H17NO. The van der Waals surface area contributed by atoms with Crippen molar-refractivity contribution in [2.24, 2.45) is 5.41 Å². The van der Waals surface area contributed by atoms with Gasteiger partial charge in [-0.3, -0.25) is 0 Å². The summed E-state index contributed by atoms with van der Waals surface area (Å²) in [5.74, 6) is 1.34. The Morgan fingerprint density at radius 1 is 1.38 bits per heavy atom. The minimum Gasteiger partial charge on any atom is -0.496 e. The normalized spacial score (nSPS) is 27.3. The number of methoxy groups -OCH3 is 1. The molecule has 1 fully saturated rings. The van der Waals surface area contributed by atoms with Crippen molar-refractivity contribution in [3.63, 3.8) is 0 Å². The Morgan fingerprint density at radius 3 is 2.56 bits per heavy atom. The number of nitrogens with zero attached hydrogens (tertiary/aromatic N) is 1. The molecule has 0 heterocycles. The predicted octanol–water partition coefficient (Wildman–Crippen LogP) is 3.33. The van der Waals surface area contributed by atoms with Gasteiger partial charge in [-0.2, -0.15) is 5.26 Å². The van der Waals surface area contributed by atoms with E-state index in [4.69, 9.17) is 10.00 Å². The Bertz CT molecular complexity index is 472. The Morgan fingerprint density at radius 2 is 2.06 bits per heavy atom. The topological polar surface area (TPSA) is 33.0 Å². The van der Waals surface area contributed by atoms with Crippen LogP contribution in [0.3, 0.4) is 0 Å². The van der Waals surface area contributed by atoms with Crippen LogP contribution < -0.4 is 4.74 Å². The van der Waals surface area contributed by atoms with Crippen molar-refractivity contribution in [1.82, 2.24) is 0 Å². The standard InChI is InChI=1S/C14H17NO/c1-9-10(2)13(16-4)6-5-11(9)12-7-14(12,3)8-15/h5-6,12H,7H2,1-4H3. The molecule has 2 atom stereocenters. The molecule has 84 valence electrons. The Hall–Kier alpha value is -1.49. The van der Waals surface area contributed by atoms with Crippen LogP contribution in [0.4, 0.5) is 0 Å². The van der Waals surface area contributed by atoms with E-state index < -0.39 is 0 Å². The number of rotatable bonds is 2. The number of benzene rings is 1. The first kappa shape index (κ1) is 11.0. The van der Waals surface area contributed by atoms with Crippen LogP contribution in [0.1, 0.15) is 36.0 Å². The summed E-state index contributed by atoms with van der Waals surface area (Å²) in [6.45, 7) is 6.23. The van der Waals surface area contributed by atoms with E-state index in [1.807, 2.05) is 13.0 Å². The largest absolute Gasteiger partial charge is 0.496 e. The molecule has 2 rings (SSSR count). The number of hydrogen-bond acceptors (Lipinski definition) is 2. The molecule has 0 spiro atoms. The van der Waals surface area contributed by atoms with Gasteiger partial charge in [0.1, 0.15) is 5.75 Å². The van der Waals surface area contributed by atoms with Crippen molar-refractivity contribution in [2.75, 3.05) is 7.11 Å². The first-order valence-electron chi connectivity index (χ1n) is 5.59. The molecule has 0 amide bonds. The fourth-order valence-electron chi connectivity index (χ4n) is 2.36. The summed E-state index contributed by atoms with van der Waals surface area (Å²) < 4.78 is 5.29. The highest BCUT2D eigenvalue weighted by atomic mass is 16.5. The molecule has 1 aliphatic carbocycles. The highest BCUT2D eigenvalue weighted by Crippen LogP contribution is 2.59. The maximum absolute atomic E-state index is 9.08. The average Bonchev–Trinajstić information content (AvgIpc) is 2.95. The average molecular weight is 215 g/mol. The summed E-state index contributed by atoms with van der Waals surface area (Å²) in [4.78, 5) is 0. The summed E-state index contributed by atoms with van der Waals surface area (Å²) in [5, 5.41) is 9.08. The molecule has 0 N–H and O–H groups in total. The summed E-state index contributed by atoms with van der Waals surface area (Å²) in [7, 11) is 1.69. The molecule has 0 aliphatic heterocycles. The van der Waals surface area contributed by atoms with Gasteiger partial charge in [-0.15, -0.1) is 0 Å².